The van der Waals surface area contributed by atoms with E-state index in [4.69, 9.17) is 9.47 Å². The van der Waals surface area contributed by atoms with Crippen molar-refractivity contribution in [1.29, 1.82) is 0 Å². The maximum absolute atomic E-state index is 13.4. The molecule has 3 aromatic rings. The van der Waals surface area contributed by atoms with Gasteiger partial charge in [-0.05, 0) is 61.0 Å². The molecule has 1 amide bonds. The highest BCUT2D eigenvalue weighted by atomic mass is 32.2. The number of rotatable bonds is 9. The average Bonchev–Trinajstić information content (AvgIpc) is 2.81. The van der Waals surface area contributed by atoms with E-state index < -0.39 is 15.9 Å². The number of anilines is 1. The third-order valence-electron chi connectivity index (χ3n) is 4.88. The zero-order chi connectivity index (χ0) is 23.1. The van der Waals surface area contributed by atoms with Gasteiger partial charge >= 0.3 is 0 Å². The van der Waals surface area contributed by atoms with E-state index in [2.05, 4.69) is 5.32 Å². The molecule has 8 heteroatoms. The number of aryl methyl sites for hydroxylation is 1. The van der Waals surface area contributed by atoms with E-state index in [1.165, 1.54) is 19.2 Å². The summed E-state index contributed by atoms with van der Waals surface area (Å²) >= 11 is 0. The van der Waals surface area contributed by atoms with Crippen LogP contribution in [0.5, 0.6) is 11.5 Å². The van der Waals surface area contributed by atoms with Crippen LogP contribution in [-0.2, 0) is 21.4 Å². The molecular formula is C24H26N2O5S. The molecule has 0 bridgehead atoms. The molecule has 3 aromatic carbocycles. The molecule has 0 saturated carbocycles. The number of benzene rings is 3. The molecule has 0 aliphatic rings. The standard InChI is InChI=1S/C24H26N2O5S/c1-18-7-13-23(14-8-18)32(28,29)26(20-9-11-21(30-2)12-10-20)17-24(27)25-16-19-5-4-6-22(15-19)31-3/h4-15H,16-17H2,1-3H3,(H,25,27). The van der Waals surface area contributed by atoms with Crippen LogP contribution in [0.1, 0.15) is 11.1 Å². The molecule has 0 aliphatic heterocycles. The van der Waals surface area contributed by atoms with Gasteiger partial charge < -0.3 is 14.8 Å². The lowest BCUT2D eigenvalue weighted by atomic mass is 10.2. The van der Waals surface area contributed by atoms with Gasteiger partial charge in [0.2, 0.25) is 5.91 Å². The minimum Gasteiger partial charge on any atom is -0.497 e. The summed E-state index contributed by atoms with van der Waals surface area (Å²) < 4.78 is 38.2. The van der Waals surface area contributed by atoms with Gasteiger partial charge in [0.05, 0.1) is 24.8 Å². The molecule has 0 unspecified atom stereocenters. The summed E-state index contributed by atoms with van der Waals surface area (Å²) in [5.74, 6) is 0.835. The summed E-state index contributed by atoms with van der Waals surface area (Å²) in [5, 5.41) is 2.78. The second-order valence-electron chi connectivity index (χ2n) is 7.15. The Kier molecular flexibility index (Phi) is 7.37. The quantitative estimate of drug-likeness (QED) is 0.535. The second-order valence-corrected chi connectivity index (χ2v) is 9.01. The van der Waals surface area contributed by atoms with Crippen LogP contribution in [-0.4, -0.2) is 35.1 Å². The predicted molar refractivity (Wildman–Crippen MR) is 124 cm³/mol. The molecule has 0 heterocycles. The minimum absolute atomic E-state index is 0.111. The minimum atomic E-state index is -3.97. The number of ether oxygens (including phenoxy) is 2. The molecule has 0 atom stereocenters. The van der Waals surface area contributed by atoms with E-state index in [1.54, 1.807) is 43.5 Å². The fourth-order valence-electron chi connectivity index (χ4n) is 3.07. The Morgan fingerprint density at radius 2 is 1.56 bits per heavy atom. The molecular weight excluding hydrogens is 428 g/mol. The monoisotopic (exact) mass is 454 g/mol. The lowest BCUT2D eigenvalue weighted by Crippen LogP contribution is -2.40. The number of amides is 1. The Morgan fingerprint density at radius 3 is 2.19 bits per heavy atom. The molecule has 0 aromatic heterocycles. The van der Waals surface area contributed by atoms with Gasteiger partial charge in [-0.15, -0.1) is 0 Å². The lowest BCUT2D eigenvalue weighted by molar-refractivity contribution is -0.119. The van der Waals surface area contributed by atoms with E-state index in [-0.39, 0.29) is 18.0 Å². The highest BCUT2D eigenvalue weighted by molar-refractivity contribution is 7.92. The van der Waals surface area contributed by atoms with Crippen molar-refractivity contribution in [3.8, 4) is 11.5 Å². The van der Waals surface area contributed by atoms with Gasteiger partial charge in [-0.3, -0.25) is 9.10 Å². The number of hydrogen-bond acceptors (Lipinski definition) is 5. The van der Waals surface area contributed by atoms with Gasteiger partial charge in [0.1, 0.15) is 18.0 Å². The number of carbonyl (C=O) groups is 1. The largest absolute Gasteiger partial charge is 0.497 e. The smallest absolute Gasteiger partial charge is 0.264 e. The summed E-state index contributed by atoms with van der Waals surface area (Å²) in [6.45, 7) is 1.76. The van der Waals surface area contributed by atoms with Crippen molar-refractivity contribution < 1.29 is 22.7 Å². The first kappa shape index (κ1) is 23.1. The number of sulfonamides is 1. The summed E-state index contributed by atoms with van der Waals surface area (Å²) in [7, 11) is -0.868. The first-order valence-corrected chi connectivity index (χ1v) is 11.4. The van der Waals surface area contributed by atoms with Crippen LogP contribution in [0.15, 0.2) is 77.7 Å². The molecule has 1 N–H and O–H groups in total. The third-order valence-corrected chi connectivity index (χ3v) is 6.67. The number of carbonyl (C=O) groups excluding carboxylic acids is 1. The van der Waals surface area contributed by atoms with Gasteiger partial charge in [0.25, 0.3) is 10.0 Å². The molecule has 32 heavy (non-hydrogen) atoms. The van der Waals surface area contributed by atoms with E-state index >= 15 is 0 Å². The highest BCUT2D eigenvalue weighted by Gasteiger charge is 2.27. The van der Waals surface area contributed by atoms with Gasteiger partial charge in [0.15, 0.2) is 0 Å². The fraction of sp³-hybridized carbons (Fsp3) is 0.208. The number of nitrogens with one attached hydrogen (secondary N) is 1. The zero-order valence-electron chi connectivity index (χ0n) is 18.2. The average molecular weight is 455 g/mol. The Balaban J connectivity index is 1.84. The van der Waals surface area contributed by atoms with E-state index in [9.17, 15) is 13.2 Å². The second kappa shape index (κ2) is 10.2. The molecule has 0 saturated heterocycles. The van der Waals surface area contributed by atoms with E-state index in [0.29, 0.717) is 17.2 Å². The van der Waals surface area contributed by atoms with Crippen molar-refractivity contribution in [2.45, 2.75) is 18.4 Å². The Labute approximate surface area is 188 Å². The van der Waals surface area contributed by atoms with E-state index in [1.807, 2.05) is 31.2 Å². The van der Waals surface area contributed by atoms with Crippen molar-refractivity contribution >= 4 is 21.6 Å². The van der Waals surface area contributed by atoms with Crippen molar-refractivity contribution in [2.75, 3.05) is 25.1 Å². The van der Waals surface area contributed by atoms with Crippen LogP contribution in [0.2, 0.25) is 0 Å². The van der Waals surface area contributed by atoms with Crippen molar-refractivity contribution in [1.82, 2.24) is 5.32 Å². The molecule has 168 valence electrons. The fourth-order valence-corrected chi connectivity index (χ4v) is 4.49. The zero-order valence-corrected chi connectivity index (χ0v) is 19.1. The lowest BCUT2D eigenvalue weighted by Gasteiger charge is -2.24. The van der Waals surface area contributed by atoms with Gasteiger partial charge in [-0.1, -0.05) is 29.8 Å². The summed E-state index contributed by atoms with van der Waals surface area (Å²) in [4.78, 5) is 12.8. The molecule has 3 rings (SSSR count). The summed E-state index contributed by atoms with van der Waals surface area (Å²) in [6, 6.07) is 20.4. The predicted octanol–water partition coefficient (Wildman–Crippen LogP) is 3.52. The molecule has 0 spiro atoms. The van der Waals surface area contributed by atoms with Crippen LogP contribution in [0.3, 0.4) is 0 Å². The van der Waals surface area contributed by atoms with Crippen LogP contribution >= 0.6 is 0 Å². The maximum atomic E-state index is 13.4. The first-order valence-electron chi connectivity index (χ1n) is 9.96. The Hall–Kier alpha value is -3.52. The summed E-state index contributed by atoms with van der Waals surface area (Å²) in [6.07, 6.45) is 0. The molecule has 0 aliphatic carbocycles. The Bertz CT molecular complexity index is 1160. The maximum Gasteiger partial charge on any atom is 0.264 e. The topological polar surface area (TPSA) is 84.9 Å². The highest BCUT2D eigenvalue weighted by Crippen LogP contribution is 2.26. The van der Waals surface area contributed by atoms with Crippen molar-refractivity contribution in [2.24, 2.45) is 0 Å². The number of methoxy groups -OCH3 is 2. The van der Waals surface area contributed by atoms with Crippen molar-refractivity contribution in [3.05, 3.63) is 83.9 Å². The van der Waals surface area contributed by atoms with Gasteiger partial charge in [-0.2, -0.15) is 0 Å². The van der Waals surface area contributed by atoms with Gasteiger partial charge in [-0.25, -0.2) is 8.42 Å². The molecule has 0 fully saturated rings. The van der Waals surface area contributed by atoms with Crippen LogP contribution in [0.25, 0.3) is 0 Å². The first-order chi connectivity index (χ1) is 15.3. The normalized spacial score (nSPS) is 11.0. The third kappa shape index (κ3) is 5.59. The summed E-state index contributed by atoms with van der Waals surface area (Å²) in [5.41, 5.74) is 2.15. The Morgan fingerprint density at radius 1 is 0.906 bits per heavy atom. The van der Waals surface area contributed by atoms with Crippen LogP contribution in [0, 0.1) is 6.92 Å². The van der Waals surface area contributed by atoms with Crippen LogP contribution in [0.4, 0.5) is 5.69 Å². The van der Waals surface area contributed by atoms with Crippen molar-refractivity contribution in [3.63, 3.8) is 0 Å². The number of nitrogens with zero attached hydrogens (tertiary/aromatic N) is 1. The number of hydrogen-bond donors (Lipinski definition) is 1. The van der Waals surface area contributed by atoms with E-state index in [0.717, 1.165) is 15.4 Å². The molecule has 7 nitrogen and oxygen atoms in total. The van der Waals surface area contributed by atoms with Crippen LogP contribution < -0.4 is 19.1 Å². The SMILES string of the molecule is COc1ccc(N(CC(=O)NCc2cccc(OC)c2)S(=O)(=O)c2ccc(C)cc2)cc1. The van der Waals surface area contributed by atoms with Gasteiger partial charge in [0, 0.05) is 6.54 Å². The molecule has 0 radical (unpaired) electrons.